The van der Waals surface area contributed by atoms with Gasteiger partial charge >= 0.3 is 57.5 Å². The van der Waals surface area contributed by atoms with Crippen LogP contribution in [-0.2, 0) is 4.84 Å². The third-order valence-corrected chi connectivity index (χ3v) is 0.620. The van der Waals surface area contributed by atoms with Gasteiger partial charge in [-0.1, -0.05) is 6.92 Å². The fraction of sp³-hybridized carbons (Fsp3) is 0.667. The van der Waals surface area contributed by atoms with Gasteiger partial charge in [0.25, 0.3) is 0 Å². The van der Waals surface area contributed by atoms with Gasteiger partial charge in [-0.2, -0.15) is 0 Å². The van der Waals surface area contributed by atoms with Crippen molar-refractivity contribution in [3.63, 3.8) is 0 Å². The third kappa shape index (κ3) is 2.43. The molecule has 1 rings (SSSR count). The largest absolute Gasteiger partial charge is 1.00 e. The molecule has 1 atom stereocenters. The Kier molecular flexibility index (Phi) is 4.22. The van der Waals surface area contributed by atoms with Crippen molar-refractivity contribution < 1.29 is 61.0 Å². The van der Waals surface area contributed by atoms with Crippen LogP contribution in [0.1, 0.15) is 6.92 Å². The first-order chi connectivity index (χ1) is 3.29. The summed E-state index contributed by atoms with van der Waals surface area (Å²) in [6.45, 7) is 1.73. The normalized spacial score (nSPS) is 25.6. The molecule has 1 aliphatic rings. The molecule has 0 radical (unpaired) electrons. The van der Waals surface area contributed by atoms with Crippen molar-refractivity contribution in [2.45, 2.75) is 13.1 Å². The van der Waals surface area contributed by atoms with Crippen LogP contribution in [0.3, 0.4) is 0 Å². The van der Waals surface area contributed by atoms with Crippen molar-refractivity contribution in [3.05, 3.63) is 5.48 Å². The Bertz CT molecular complexity index is 97.3. The number of amides is 1. The second kappa shape index (κ2) is 3.81. The van der Waals surface area contributed by atoms with E-state index in [4.69, 9.17) is 0 Å². The Hall–Kier alpha value is 0.866. The summed E-state index contributed by atoms with van der Waals surface area (Å²) in [5.41, 5.74) is 3.36. The molecular weight excluding hydrogens is 135 g/mol. The first-order valence-electron chi connectivity index (χ1n) is 1.97. The Morgan fingerprint density at radius 3 is 2.62 bits per heavy atom. The van der Waals surface area contributed by atoms with Crippen LogP contribution in [0.5, 0.6) is 0 Å². The molecule has 1 fully saturated rings. The van der Waals surface area contributed by atoms with E-state index in [1.54, 1.807) is 6.92 Å². The molecular formula is C3H5KN2O2. The van der Waals surface area contributed by atoms with Crippen LogP contribution < -0.4 is 56.7 Å². The summed E-state index contributed by atoms with van der Waals surface area (Å²) in [7, 11) is 0. The number of rotatable bonds is 0. The van der Waals surface area contributed by atoms with E-state index in [2.05, 4.69) is 15.6 Å². The van der Waals surface area contributed by atoms with E-state index in [0.29, 0.717) is 0 Å². The minimum Gasteiger partial charge on any atom is -0.543 e. The summed E-state index contributed by atoms with van der Waals surface area (Å²) in [5.74, 6) is 0. The maximum atomic E-state index is 10.0. The predicted molar refractivity (Wildman–Crippen MR) is 22.4 cm³/mol. The zero-order valence-electron chi connectivity index (χ0n) is 4.84. The molecule has 0 saturated carbocycles. The van der Waals surface area contributed by atoms with Crippen molar-refractivity contribution in [3.8, 4) is 0 Å². The molecule has 1 unspecified atom stereocenters. The quantitative estimate of drug-likeness (QED) is 0.374. The molecule has 5 heteroatoms. The zero-order chi connectivity index (χ0) is 5.28. The number of nitrogens with zero attached hydrogens (tertiary/aromatic N) is 1. The van der Waals surface area contributed by atoms with Gasteiger partial charge in [0.05, 0.1) is 0 Å². The van der Waals surface area contributed by atoms with E-state index in [1.165, 1.54) is 0 Å². The maximum Gasteiger partial charge on any atom is 1.00 e. The minimum absolute atomic E-state index is 0. The first kappa shape index (κ1) is 8.87. The summed E-state index contributed by atoms with van der Waals surface area (Å²) in [4.78, 5) is 14.2. The van der Waals surface area contributed by atoms with Crippen LogP contribution in [0.2, 0.25) is 0 Å². The summed E-state index contributed by atoms with van der Waals surface area (Å²) in [6.07, 6.45) is -0.639. The van der Waals surface area contributed by atoms with E-state index >= 15 is 0 Å². The van der Waals surface area contributed by atoms with E-state index in [9.17, 15) is 4.79 Å². The predicted octanol–water partition coefficient (Wildman–Crippen LogP) is -2.64. The fourth-order valence-electron chi connectivity index (χ4n) is 0.350. The average molecular weight is 140 g/mol. The summed E-state index contributed by atoms with van der Waals surface area (Å²) < 4.78 is 0. The number of hydroxylamine groups is 1. The van der Waals surface area contributed by atoms with E-state index < -0.39 is 6.09 Å². The molecule has 0 aromatic heterocycles. The van der Waals surface area contributed by atoms with Gasteiger partial charge in [-0.3, -0.25) is 0 Å². The van der Waals surface area contributed by atoms with Crippen molar-refractivity contribution >= 4 is 6.09 Å². The van der Waals surface area contributed by atoms with Gasteiger partial charge < -0.3 is 15.6 Å². The Morgan fingerprint density at radius 2 is 2.50 bits per heavy atom. The number of hydrogen-bond acceptors (Lipinski definition) is 2. The van der Waals surface area contributed by atoms with Gasteiger partial charge in [-0.15, -0.1) is 0 Å². The molecule has 4 nitrogen and oxygen atoms in total. The number of carbonyl (C=O) groups is 1. The van der Waals surface area contributed by atoms with Crippen molar-refractivity contribution in [1.82, 2.24) is 5.32 Å². The van der Waals surface area contributed by atoms with Gasteiger partial charge in [-0.05, 0) is 6.17 Å². The number of carbonyl (C=O) groups excluding carboxylic acids is 1. The van der Waals surface area contributed by atoms with Crippen LogP contribution in [-0.4, -0.2) is 12.3 Å². The summed E-state index contributed by atoms with van der Waals surface area (Å²) >= 11 is 0. The van der Waals surface area contributed by atoms with Gasteiger partial charge in [0.1, 0.15) is 0 Å². The molecule has 1 aliphatic heterocycles. The van der Waals surface area contributed by atoms with Crippen LogP contribution in [0.15, 0.2) is 0 Å². The minimum atomic E-state index is -0.465. The van der Waals surface area contributed by atoms with Crippen LogP contribution >= 0.6 is 0 Å². The smallest absolute Gasteiger partial charge is 0.543 e. The molecule has 0 spiro atoms. The molecule has 1 heterocycles. The Morgan fingerprint density at radius 1 is 1.88 bits per heavy atom. The van der Waals surface area contributed by atoms with Gasteiger partial charge in [0, 0.05) is 0 Å². The van der Waals surface area contributed by atoms with E-state index in [-0.39, 0.29) is 57.6 Å². The van der Waals surface area contributed by atoms with Crippen LogP contribution in [0.25, 0.3) is 5.48 Å². The maximum absolute atomic E-state index is 10.0. The molecule has 0 aromatic rings. The van der Waals surface area contributed by atoms with E-state index in [0.717, 1.165) is 0 Å². The second-order valence-corrected chi connectivity index (χ2v) is 1.30. The molecule has 0 aliphatic carbocycles. The molecule has 1 saturated heterocycles. The summed E-state index contributed by atoms with van der Waals surface area (Å²) in [6, 6.07) is 0. The van der Waals surface area contributed by atoms with Gasteiger partial charge in [0.2, 0.25) is 0 Å². The van der Waals surface area contributed by atoms with E-state index in [1.807, 2.05) is 0 Å². The average Bonchev–Trinajstić information content (AvgIpc) is 1.87. The molecule has 0 aromatic carbocycles. The molecule has 8 heavy (non-hydrogen) atoms. The third-order valence-electron chi connectivity index (χ3n) is 0.620. The van der Waals surface area contributed by atoms with Crippen LogP contribution in [0.4, 0.5) is 4.79 Å². The Balaban J connectivity index is 0.000000490. The zero-order valence-corrected chi connectivity index (χ0v) is 7.96. The fourth-order valence-corrected chi connectivity index (χ4v) is 0.350. The molecule has 1 N–H and O–H groups in total. The monoisotopic (exact) mass is 140 g/mol. The summed E-state index contributed by atoms with van der Waals surface area (Å²) in [5, 5.41) is 2.39. The first-order valence-corrected chi connectivity index (χ1v) is 1.97. The van der Waals surface area contributed by atoms with Gasteiger partial charge in [-0.25, -0.2) is 4.79 Å². The second-order valence-electron chi connectivity index (χ2n) is 1.30. The molecule has 40 valence electrons. The van der Waals surface area contributed by atoms with Crippen molar-refractivity contribution in [1.29, 1.82) is 0 Å². The standard InChI is InChI=1S/C3H5N2O2.K/c1-2-4-3(6)7-5-2;/h2H,1H3,(H,4,6);/q-1;+1. The topological polar surface area (TPSA) is 52.4 Å². The number of nitrogens with one attached hydrogen (secondary N) is 1. The molecule has 1 amide bonds. The van der Waals surface area contributed by atoms with Crippen molar-refractivity contribution in [2.75, 3.05) is 0 Å². The SMILES string of the molecule is CC1[N-]OC(=O)N1.[K+]. The van der Waals surface area contributed by atoms with Gasteiger partial charge in [0.15, 0.2) is 0 Å². The Labute approximate surface area is 89.7 Å². The molecule has 0 bridgehead atoms. The van der Waals surface area contributed by atoms with Crippen LogP contribution in [0, 0.1) is 0 Å². The van der Waals surface area contributed by atoms with Crippen molar-refractivity contribution in [2.24, 2.45) is 0 Å². The number of hydrogen-bond donors (Lipinski definition) is 1.